The summed E-state index contributed by atoms with van der Waals surface area (Å²) in [6.07, 6.45) is 0. The van der Waals surface area contributed by atoms with Gasteiger partial charge in [0.1, 0.15) is 0 Å². The van der Waals surface area contributed by atoms with Gasteiger partial charge in [-0.3, -0.25) is 9.59 Å². The van der Waals surface area contributed by atoms with Crippen LogP contribution >= 0.6 is 0 Å². The Morgan fingerprint density at radius 3 is 2.11 bits per heavy atom. The van der Waals surface area contributed by atoms with Crippen LogP contribution in [0.25, 0.3) is 0 Å². The highest BCUT2D eigenvalue weighted by Gasteiger charge is 2.11. The number of carbonyl (C=O) groups is 2. The molecular weight excluding hydrogens is 228 g/mol. The van der Waals surface area contributed by atoms with Crippen molar-refractivity contribution in [1.29, 1.82) is 0 Å². The van der Waals surface area contributed by atoms with Crippen LogP contribution in [-0.2, 0) is 16.1 Å². The minimum atomic E-state index is -0.593. The number of benzene rings is 1. The number of likely N-dealkylation sites (N-methyl/N-ethyl adjacent to an activating group) is 1. The highest BCUT2D eigenvalue weighted by molar-refractivity contribution is 6.35. The first-order valence-electron chi connectivity index (χ1n) is 6.19. The summed E-state index contributed by atoms with van der Waals surface area (Å²) < 4.78 is 0. The maximum absolute atomic E-state index is 11.4. The maximum atomic E-state index is 11.4. The van der Waals surface area contributed by atoms with Gasteiger partial charge in [-0.15, -0.1) is 0 Å². The van der Waals surface area contributed by atoms with Crippen LogP contribution in [0.1, 0.15) is 37.8 Å². The predicted molar refractivity (Wildman–Crippen MR) is 71.1 cm³/mol. The van der Waals surface area contributed by atoms with Crippen LogP contribution in [0.3, 0.4) is 0 Å². The summed E-state index contributed by atoms with van der Waals surface area (Å²) in [5.74, 6) is -0.690. The Balaban J connectivity index is 2.48. The van der Waals surface area contributed by atoms with Gasteiger partial charge >= 0.3 is 11.8 Å². The highest BCUT2D eigenvalue weighted by Crippen LogP contribution is 2.14. The first-order chi connectivity index (χ1) is 8.54. The second-order valence-corrected chi connectivity index (χ2v) is 4.44. The lowest BCUT2D eigenvalue weighted by molar-refractivity contribution is -0.139. The number of nitrogens with one attached hydrogen (secondary N) is 2. The molecule has 2 N–H and O–H groups in total. The Morgan fingerprint density at radius 2 is 1.61 bits per heavy atom. The molecule has 4 heteroatoms. The molecule has 0 aliphatic carbocycles. The number of carbonyl (C=O) groups excluding carboxylic acids is 2. The van der Waals surface area contributed by atoms with Gasteiger partial charge in [0, 0.05) is 13.1 Å². The van der Waals surface area contributed by atoms with Gasteiger partial charge in [0.25, 0.3) is 0 Å². The summed E-state index contributed by atoms with van der Waals surface area (Å²) in [6.45, 7) is 6.86. The van der Waals surface area contributed by atoms with Crippen molar-refractivity contribution < 1.29 is 9.59 Å². The first-order valence-corrected chi connectivity index (χ1v) is 6.19. The molecule has 98 valence electrons. The SMILES string of the molecule is CCNC(=O)C(=O)NCc1ccc(C(C)C)cc1. The Morgan fingerprint density at radius 1 is 1.06 bits per heavy atom. The zero-order valence-corrected chi connectivity index (χ0v) is 11.1. The summed E-state index contributed by atoms with van der Waals surface area (Å²) in [7, 11) is 0. The minimum Gasteiger partial charge on any atom is -0.348 e. The topological polar surface area (TPSA) is 58.2 Å². The predicted octanol–water partition coefficient (Wildman–Crippen LogP) is 1.56. The van der Waals surface area contributed by atoms with Crippen LogP contribution in [0.2, 0.25) is 0 Å². The fourth-order valence-electron chi connectivity index (χ4n) is 1.52. The molecular formula is C14H20N2O2. The van der Waals surface area contributed by atoms with E-state index in [2.05, 4.69) is 24.5 Å². The molecule has 0 bridgehead atoms. The van der Waals surface area contributed by atoms with E-state index in [1.807, 2.05) is 24.3 Å². The molecule has 0 aromatic heterocycles. The Bertz CT molecular complexity index is 410. The van der Waals surface area contributed by atoms with Crippen molar-refractivity contribution in [3.63, 3.8) is 0 Å². The van der Waals surface area contributed by atoms with Crippen molar-refractivity contribution in [2.24, 2.45) is 0 Å². The molecule has 0 atom stereocenters. The Labute approximate surface area is 108 Å². The molecule has 0 spiro atoms. The summed E-state index contributed by atoms with van der Waals surface area (Å²) >= 11 is 0. The van der Waals surface area contributed by atoms with E-state index in [1.165, 1.54) is 5.56 Å². The largest absolute Gasteiger partial charge is 0.348 e. The third-order valence-electron chi connectivity index (χ3n) is 2.64. The van der Waals surface area contributed by atoms with Crippen molar-refractivity contribution >= 4 is 11.8 Å². The molecule has 0 radical (unpaired) electrons. The third kappa shape index (κ3) is 4.20. The van der Waals surface area contributed by atoms with Crippen molar-refractivity contribution in [2.75, 3.05) is 6.54 Å². The van der Waals surface area contributed by atoms with Crippen molar-refractivity contribution in [2.45, 2.75) is 33.2 Å². The lowest BCUT2D eigenvalue weighted by Gasteiger charge is -2.08. The Kier molecular flexibility index (Phi) is 5.36. The highest BCUT2D eigenvalue weighted by atomic mass is 16.2. The van der Waals surface area contributed by atoms with E-state index in [0.717, 1.165) is 5.56 Å². The van der Waals surface area contributed by atoms with Crippen LogP contribution < -0.4 is 10.6 Å². The maximum Gasteiger partial charge on any atom is 0.309 e. The van der Waals surface area contributed by atoms with E-state index in [-0.39, 0.29) is 0 Å². The van der Waals surface area contributed by atoms with Gasteiger partial charge in [-0.05, 0) is 24.0 Å². The minimum absolute atomic E-state index is 0.369. The molecule has 1 aromatic rings. The molecule has 2 amide bonds. The quantitative estimate of drug-likeness (QED) is 0.794. The van der Waals surface area contributed by atoms with E-state index in [0.29, 0.717) is 19.0 Å². The van der Waals surface area contributed by atoms with E-state index in [9.17, 15) is 9.59 Å². The van der Waals surface area contributed by atoms with Gasteiger partial charge in [-0.25, -0.2) is 0 Å². The van der Waals surface area contributed by atoms with Crippen LogP contribution in [0, 0.1) is 0 Å². The van der Waals surface area contributed by atoms with Crippen molar-refractivity contribution in [3.05, 3.63) is 35.4 Å². The van der Waals surface area contributed by atoms with Crippen LogP contribution in [0.15, 0.2) is 24.3 Å². The molecule has 0 aliphatic heterocycles. The van der Waals surface area contributed by atoms with Crippen molar-refractivity contribution in [3.8, 4) is 0 Å². The number of amides is 2. The van der Waals surface area contributed by atoms with Gasteiger partial charge in [0.05, 0.1) is 0 Å². The zero-order valence-electron chi connectivity index (χ0n) is 11.1. The fourth-order valence-corrected chi connectivity index (χ4v) is 1.52. The Hall–Kier alpha value is -1.84. The lowest BCUT2D eigenvalue weighted by Crippen LogP contribution is -2.39. The van der Waals surface area contributed by atoms with Gasteiger partial charge in [-0.2, -0.15) is 0 Å². The van der Waals surface area contributed by atoms with Gasteiger partial charge in [0.2, 0.25) is 0 Å². The van der Waals surface area contributed by atoms with Gasteiger partial charge in [0.15, 0.2) is 0 Å². The van der Waals surface area contributed by atoms with Crippen LogP contribution in [0.4, 0.5) is 0 Å². The smallest absolute Gasteiger partial charge is 0.309 e. The summed E-state index contributed by atoms with van der Waals surface area (Å²) in [4.78, 5) is 22.5. The third-order valence-corrected chi connectivity index (χ3v) is 2.64. The van der Waals surface area contributed by atoms with Crippen LogP contribution in [0.5, 0.6) is 0 Å². The first kappa shape index (κ1) is 14.2. The number of rotatable bonds is 4. The summed E-state index contributed by atoms with van der Waals surface area (Å²) in [6, 6.07) is 8.01. The van der Waals surface area contributed by atoms with E-state index in [4.69, 9.17) is 0 Å². The number of hydrogen-bond acceptors (Lipinski definition) is 2. The zero-order chi connectivity index (χ0) is 13.5. The monoisotopic (exact) mass is 248 g/mol. The average Bonchev–Trinajstić information content (AvgIpc) is 2.36. The standard InChI is InChI=1S/C14H20N2O2/c1-4-15-13(17)14(18)16-9-11-5-7-12(8-6-11)10(2)3/h5-8,10H,4,9H2,1-3H3,(H,15,17)(H,16,18). The molecule has 18 heavy (non-hydrogen) atoms. The molecule has 0 heterocycles. The van der Waals surface area contributed by atoms with Crippen LogP contribution in [-0.4, -0.2) is 18.4 Å². The van der Waals surface area contributed by atoms with Gasteiger partial charge in [-0.1, -0.05) is 38.1 Å². The molecule has 0 aliphatic rings. The van der Waals surface area contributed by atoms with Crippen molar-refractivity contribution in [1.82, 2.24) is 10.6 Å². The molecule has 0 unspecified atom stereocenters. The molecule has 4 nitrogen and oxygen atoms in total. The normalized spacial score (nSPS) is 10.2. The fraction of sp³-hybridized carbons (Fsp3) is 0.429. The second-order valence-electron chi connectivity index (χ2n) is 4.44. The molecule has 0 fully saturated rings. The van der Waals surface area contributed by atoms with E-state index >= 15 is 0 Å². The number of hydrogen-bond donors (Lipinski definition) is 2. The molecule has 1 aromatic carbocycles. The van der Waals surface area contributed by atoms with Gasteiger partial charge < -0.3 is 10.6 Å². The average molecular weight is 248 g/mol. The molecule has 0 saturated heterocycles. The lowest BCUT2D eigenvalue weighted by atomic mass is 10.0. The molecule has 1 rings (SSSR count). The second kappa shape index (κ2) is 6.79. The summed E-state index contributed by atoms with van der Waals surface area (Å²) in [5.41, 5.74) is 2.24. The van der Waals surface area contributed by atoms with E-state index < -0.39 is 11.8 Å². The van der Waals surface area contributed by atoms with E-state index in [1.54, 1.807) is 6.92 Å². The summed E-state index contributed by atoms with van der Waals surface area (Å²) in [5, 5.41) is 5.04. The molecule has 0 saturated carbocycles.